The monoisotopic (exact) mass is 489 g/mol. The average molecular weight is 490 g/mol. The highest BCUT2D eigenvalue weighted by Crippen LogP contribution is 2.30. The number of carbonyl (C=O) groups is 1. The van der Waals surface area contributed by atoms with E-state index in [0.717, 1.165) is 18.4 Å². The van der Waals surface area contributed by atoms with Gasteiger partial charge < -0.3 is 14.6 Å². The Kier molecular flexibility index (Phi) is 6.21. The van der Waals surface area contributed by atoms with Crippen molar-refractivity contribution in [3.05, 3.63) is 90.1 Å². The largest absolute Gasteiger partial charge is 0.497 e. The minimum Gasteiger partial charge on any atom is -0.497 e. The predicted molar refractivity (Wildman–Crippen MR) is 136 cm³/mol. The van der Waals surface area contributed by atoms with Crippen LogP contribution in [0.3, 0.4) is 0 Å². The number of fused-ring (bicyclic) bond motifs is 1. The normalized spacial score (nSPS) is 14.7. The first-order valence-electron chi connectivity index (χ1n) is 11.6. The van der Waals surface area contributed by atoms with Gasteiger partial charge in [0.1, 0.15) is 5.75 Å². The molecule has 1 amide bonds. The molecule has 3 aromatic carbocycles. The number of carbonyl (C=O) groups excluding carboxylic acids is 1. The smallest absolute Gasteiger partial charge is 0.261 e. The third-order valence-corrected chi connectivity index (χ3v) is 7.89. The van der Waals surface area contributed by atoms with Crippen LogP contribution < -0.4 is 9.46 Å². The molecule has 2 N–H and O–H groups in total. The van der Waals surface area contributed by atoms with E-state index in [1.165, 1.54) is 23.2 Å². The molecule has 5 rings (SSSR count). The van der Waals surface area contributed by atoms with Crippen molar-refractivity contribution in [1.29, 1.82) is 0 Å². The third kappa shape index (κ3) is 4.88. The van der Waals surface area contributed by atoms with Crippen LogP contribution in [-0.4, -0.2) is 44.4 Å². The second-order valence-electron chi connectivity index (χ2n) is 8.74. The maximum atomic E-state index is 13.2. The summed E-state index contributed by atoms with van der Waals surface area (Å²) in [7, 11) is -2.30. The van der Waals surface area contributed by atoms with Crippen LogP contribution in [0.1, 0.15) is 34.8 Å². The number of para-hydroxylation sites is 1. The second-order valence-corrected chi connectivity index (χ2v) is 10.4. The molecule has 35 heavy (non-hydrogen) atoms. The van der Waals surface area contributed by atoms with E-state index in [2.05, 4.69) is 27.9 Å². The van der Waals surface area contributed by atoms with Crippen LogP contribution in [0.4, 0.5) is 5.69 Å². The predicted octanol–water partition coefficient (Wildman–Crippen LogP) is 5.00. The third-order valence-electron chi connectivity index (χ3n) is 6.51. The Bertz CT molecular complexity index is 1420. The summed E-state index contributed by atoms with van der Waals surface area (Å²) in [5.74, 6) is 0.849. The summed E-state index contributed by atoms with van der Waals surface area (Å²) in [5.41, 5.74) is 3.12. The Balaban J connectivity index is 1.26. The molecule has 0 spiro atoms. The second kappa shape index (κ2) is 9.46. The Morgan fingerprint density at radius 2 is 1.71 bits per heavy atom. The Hall–Kier alpha value is -3.78. The zero-order valence-corrected chi connectivity index (χ0v) is 20.2. The Labute approximate surface area is 204 Å². The number of benzene rings is 3. The van der Waals surface area contributed by atoms with E-state index in [1.807, 2.05) is 17.0 Å². The first-order valence-corrected chi connectivity index (χ1v) is 13.0. The van der Waals surface area contributed by atoms with Crippen LogP contribution in [-0.2, 0) is 10.0 Å². The molecule has 0 radical (unpaired) electrons. The van der Waals surface area contributed by atoms with Crippen LogP contribution in [0.15, 0.2) is 83.8 Å². The van der Waals surface area contributed by atoms with E-state index < -0.39 is 10.0 Å². The maximum Gasteiger partial charge on any atom is 0.261 e. The molecule has 1 aliphatic heterocycles. The highest BCUT2D eigenvalue weighted by molar-refractivity contribution is 7.92. The number of aromatic amines is 1. The SMILES string of the molecule is COc1ccc(NS(=O)(=O)c2cccc(C(=O)N3CCC(c4cc5ccccc5[nH]4)CC3)c2)cc1. The number of amides is 1. The van der Waals surface area contributed by atoms with E-state index in [4.69, 9.17) is 4.74 Å². The van der Waals surface area contributed by atoms with Crippen molar-refractivity contribution < 1.29 is 17.9 Å². The lowest BCUT2D eigenvalue weighted by Crippen LogP contribution is -2.38. The minimum atomic E-state index is -3.84. The molecule has 1 aliphatic rings. The number of hydrogen-bond donors (Lipinski definition) is 2. The number of ether oxygens (including phenoxy) is 1. The van der Waals surface area contributed by atoms with E-state index in [9.17, 15) is 13.2 Å². The van der Waals surface area contributed by atoms with Crippen LogP contribution >= 0.6 is 0 Å². The molecule has 0 unspecified atom stereocenters. The van der Waals surface area contributed by atoms with Gasteiger partial charge >= 0.3 is 0 Å². The quantitative estimate of drug-likeness (QED) is 0.399. The lowest BCUT2D eigenvalue weighted by Gasteiger charge is -2.31. The molecule has 0 saturated carbocycles. The summed E-state index contributed by atoms with van der Waals surface area (Å²) in [4.78, 5) is 18.5. The van der Waals surface area contributed by atoms with Gasteiger partial charge in [-0.1, -0.05) is 24.3 Å². The highest BCUT2D eigenvalue weighted by atomic mass is 32.2. The van der Waals surface area contributed by atoms with Crippen molar-refractivity contribution in [1.82, 2.24) is 9.88 Å². The molecule has 0 atom stereocenters. The average Bonchev–Trinajstić information content (AvgIpc) is 3.33. The lowest BCUT2D eigenvalue weighted by molar-refractivity contribution is 0.0712. The van der Waals surface area contributed by atoms with Crippen molar-refractivity contribution in [2.24, 2.45) is 0 Å². The summed E-state index contributed by atoms with van der Waals surface area (Å²) >= 11 is 0. The van der Waals surface area contributed by atoms with Crippen molar-refractivity contribution in [2.75, 3.05) is 24.9 Å². The number of piperidine rings is 1. The number of methoxy groups -OCH3 is 1. The fraction of sp³-hybridized carbons (Fsp3) is 0.222. The van der Waals surface area contributed by atoms with E-state index in [0.29, 0.717) is 36.0 Å². The van der Waals surface area contributed by atoms with Gasteiger partial charge in [0.05, 0.1) is 12.0 Å². The van der Waals surface area contributed by atoms with E-state index in [-0.39, 0.29) is 10.8 Å². The number of sulfonamides is 1. The number of nitrogens with one attached hydrogen (secondary N) is 2. The van der Waals surface area contributed by atoms with Crippen molar-refractivity contribution in [3.8, 4) is 5.75 Å². The molecular formula is C27H27N3O4S. The molecule has 7 nitrogen and oxygen atoms in total. The van der Waals surface area contributed by atoms with Crippen LogP contribution in [0.25, 0.3) is 10.9 Å². The Morgan fingerprint density at radius 1 is 0.971 bits per heavy atom. The van der Waals surface area contributed by atoms with Gasteiger partial charge in [-0.2, -0.15) is 0 Å². The molecule has 180 valence electrons. The topological polar surface area (TPSA) is 91.5 Å². The number of hydrogen-bond acceptors (Lipinski definition) is 4. The minimum absolute atomic E-state index is 0.0483. The van der Waals surface area contributed by atoms with Crippen molar-refractivity contribution in [3.63, 3.8) is 0 Å². The molecule has 0 bridgehead atoms. The fourth-order valence-electron chi connectivity index (χ4n) is 4.56. The van der Waals surface area contributed by atoms with Crippen molar-refractivity contribution in [2.45, 2.75) is 23.7 Å². The van der Waals surface area contributed by atoms with Gasteiger partial charge in [0.25, 0.3) is 15.9 Å². The fourth-order valence-corrected chi connectivity index (χ4v) is 5.67. The van der Waals surface area contributed by atoms with Crippen LogP contribution in [0, 0.1) is 0 Å². The molecular weight excluding hydrogens is 462 g/mol. The zero-order chi connectivity index (χ0) is 24.4. The number of rotatable bonds is 6. The summed E-state index contributed by atoms with van der Waals surface area (Å²) < 4.78 is 33.5. The molecule has 1 fully saturated rings. The maximum absolute atomic E-state index is 13.2. The van der Waals surface area contributed by atoms with Gasteiger partial charge in [-0.25, -0.2) is 8.42 Å². The van der Waals surface area contributed by atoms with Gasteiger partial charge in [-0.3, -0.25) is 9.52 Å². The number of anilines is 1. The first kappa shape index (κ1) is 23.0. The van der Waals surface area contributed by atoms with E-state index >= 15 is 0 Å². The van der Waals surface area contributed by atoms with Crippen LogP contribution in [0.5, 0.6) is 5.75 Å². The highest BCUT2D eigenvalue weighted by Gasteiger charge is 2.26. The summed E-state index contributed by atoms with van der Waals surface area (Å²) in [6.07, 6.45) is 1.71. The number of H-pyrrole nitrogens is 1. The molecule has 4 aromatic rings. The van der Waals surface area contributed by atoms with E-state index in [1.54, 1.807) is 43.5 Å². The summed E-state index contributed by atoms with van der Waals surface area (Å²) in [6, 6.07) is 23.2. The van der Waals surface area contributed by atoms with Gasteiger partial charge in [-0.15, -0.1) is 0 Å². The van der Waals surface area contributed by atoms with Gasteiger partial charge in [0.15, 0.2) is 0 Å². The molecule has 8 heteroatoms. The van der Waals surface area contributed by atoms with Crippen molar-refractivity contribution >= 4 is 32.5 Å². The number of likely N-dealkylation sites (tertiary alicyclic amines) is 1. The molecule has 1 aromatic heterocycles. The number of nitrogens with zero attached hydrogens (tertiary/aromatic N) is 1. The number of aromatic nitrogens is 1. The lowest BCUT2D eigenvalue weighted by atomic mass is 9.93. The standard InChI is InChI=1S/C27H27N3O4S/c1-34-23-11-9-22(10-12-23)29-35(32,33)24-7-4-6-21(17-24)27(31)30-15-13-19(14-16-30)26-18-20-5-2-3-8-25(20)28-26/h2-12,17-19,28-29H,13-16H2,1H3. The van der Waals surface area contributed by atoms with Gasteiger partial charge in [0.2, 0.25) is 0 Å². The van der Waals surface area contributed by atoms with Gasteiger partial charge in [0, 0.05) is 41.5 Å². The zero-order valence-electron chi connectivity index (χ0n) is 19.4. The molecule has 1 saturated heterocycles. The summed E-state index contributed by atoms with van der Waals surface area (Å²) in [5, 5.41) is 1.20. The molecule has 2 heterocycles. The van der Waals surface area contributed by atoms with Gasteiger partial charge in [-0.05, 0) is 72.8 Å². The Morgan fingerprint density at radius 3 is 2.43 bits per heavy atom. The van der Waals surface area contributed by atoms with Crippen LogP contribution in [0.2, 0.25) is 0 Å². The molecule has 0 aliphatic carbocycles. The summed E-state index contributed by atoms with van der Waals surface area (Å²) in [6.45, 7) is 1.25. The first-order chi connectivity index (χ1) is 16.9.